The highest BCUT2D eigenvalue weighted by Crippen LogP contribution is 2.30. The van der Waals surface area contributed by atoms with Gasteiger partial charge >= 0.3 is 5.97 Å². The minimum Gasteiger partial charge on any atom is -0.497 e. The predicted molar refractivity (Wildman–Crippen MR) is 125 cm³/mol. The molecule has 0 unspecified atom stereocenters. The van der Waals surface area contributed by atoms with Gasteiger partial charge in [-0.15, -0.1) is 0 Å². The Morgan fingerprint density at radius 3 is 2.22 bits per heavy atom. The Hall–Kier alpha value is -3.58. The van der Waals surface area contributed by atoms with Gasteiger partial charge in [-0.2, -0.15) is 0 Å². The summed E-state index contributed by atoms with van der Waals surface area (Å²) in [6.45, 7) is 0. The number of ether oxygens (including phenoxy) is 4. The molecule has 0 saturated carbocycles. The molecule has 0 atom stereocenters. The van der Waals surface area contributed by atoms with Gasteiger partial charge < -0.3 is 18.9 Å². The van der Waals surface area contributed by atoms with Crippen LogP contribution in [0.3, 0.4) is 0 Å². The Morgan fingerprint density at radius 1 is 0.781 bits per heavy atom. The summed E-state index contributed by atoms with van der Waals surface area (Å²) in [5, 5.41) is 0. The number of carbonyl (C=O) groups excluding carboxylic acids is 2. The number of ketones is 1. The zero-order valence-corrected chi connectivity index (χ0v) is 19.3. The van der Waals surface area contributed by atoms with Crippen molar-refractivity contribution in [2.24, 2.45) is 0 Å². The maximum atomic E-state index is 12.6. The second-order valence-electron chi connectivity index (χ2n) is 6.54. The minimum absolute atomic E-state index is 0.229. The fourth-order valence-corrected chi connectivity index (χ4v) is 3.36. The molecule has 6 nitrogen and oxygen atoms in total. The summed E-state index contributed by atoms with van der Waals surface area (Å²) in [5.74, 6) is 0.912. The molecule has 0 N–H and O–H groups in total. The van der Waals surface area contributed by atoms with E-state index in [2.05, 4.69) is 15.9 Å². The maximum absolute atomic E-state index is 12.6. The van der Waals surface area contributed by atoms with Crippen LogP contribution in [0.15, 0.2) is 71.2 Å². The number of benzene rings is 3. The number of carbonyl (C=O) groups is 2. The highest BCUT2D eigenvalue weighted by molar-refractivity contribution is 9.10. The summed E-state index contributed by atoms with van der Waals surface area (Å²) in [6.07, 6.45) is 3.08. The molecule has 0 saturated heterocycles. The van der Waals surface area contributed by atoms with Crippen molar-refractivity contribution in [2.45, 2.75) is 0 Å². The van der Waals surface area contributed by atoms with Gasteiger partial charge in [-0.05, 0) is 64.0 Å². The zero-order chi connectivity index (χ0) is 23.1. The lowest BCUT2D eigenvalue weighted by Crippen LogP contribution is -2.10. The molecule has 0 aliphatic carbocycles. The lowest BCUT2D eigenvalue weighted by molar-refractivity contribution is 0.0728. The lowest BCUT2D eigenvalue weighted by atomic mass is 10.1. The average Bonchev–Trinajstić information content (AvgIpc) is 2.82. The van der Waals surface area contributed by atoms with E-state index in [1.807, 2.05) is 6.07 Å². The number of allylic oxidation sites excluding steroid dienone is 1. The summed E-state index contributed by atoms with van der Waals surface area (Å²) < 4.78 is 21.9. The van der Waals surface area contributed by atoms with Crippen molar-refractivity contribution in [1.82, 2.24) is 0 Å². The van der Waals surface area contributed by atoms with Crippen LogP contribution in [0.4, 0.5) is 0 Å². The van der Waals surface area contributed by atoms with Crippen LogP contribution in [0.1, 0.15) is 26.3 Å². The van der Waals surface area contributed by atoms with Crippen LogP contribution in [0.2, 0.25) is 0 Å². The summed E-state index contributed by atoms with van der Waals surface area (Å²) in [7, 11) is 4.52. The standard InChI is InChI=1S/C25H21BrO6/c1-29-17-10-11-19(23(15-17)30-2)21(27)12-8-16-9-13-22(24(14-16)31-3)32-25(28)18-6-4-5-7-20(18)26/h4-15H,1-3H3. The SMILES string of the molecule is COc1ccc(C(=O)C=Cc2ccc(OC(=O)c3ccccc3Br)c(OC)c2)c(OC)c1. The van der Waals surface area contributed by atoms with Gasteiger partial charge in [0, 0.05) is 10.5 Å². The van der Waals surface area contributed by atoms with E-state index in [9.17, 15) is 9.59 Å². The highest BCUT2D eigenvalue weighted by Gasteiger charge is 2.15. The van der Waals surface area contributed by atoms with E-state index >= 15 is 0 Å². The van der Waals surface area contributed by atoms with Crippen molar-refractivity contribution in [1.29, 1.82) is 0 Å². The fourth-order valence-electron chi connectivity index (χ4n) is 2.92. The topological polar surface area (TPSA) is 71.1 Å². The van der Waals surface area contributed by atoms with Gasteiger partial charge in [-0.1, -0.05) is 24.3 Å². The van der Waals surface area contributed by atoms with Gasteiger partial charge in [-0.3, -0.25) is 4.79 Å². The molecule has 3 aromatic rings. The second-order valence-corrected chi connectivity index (χ2v) is 7.40. The van der Waals surface area contributed by atoms with Crippen molar-refractivity contribution >= 4 is 33.8 Å². The Bertz CT molecular complexity index is 1170. The van der Waals surface area contributed by atoms with Gasteiger partial charge in [0.05, 0.1) is 32.5 Å². The molecular formula is C25H21BrO6. The van der Waals surface area contributed by atoms with Crippen molar-refractivity contribution < 1.29 is 28.5 Å². The van der Waals surface area contributed by atoms with Crippen molar-refractivity contribution in [3.8, 4) is 23.0 Å². The van der Waals surface area contributed by atoms with Crippen LogP contribution in [0.5, 0.6) is 23.0 Å². The summed E-state index contributed by atoms with van der Waals surface area (Å²) in [5.41, 5.74) is 1.51. The molecule has 3 aromatic carbocycles. The predicted octanol–water partition coefficient (Wildman–Crippen LogP) is 5.59. The molecule has 0 bridgehead atoms. The summed E-state index contributed by atoms with van der Waals surface area (Å²) in [6, 6.07) is 17.0. The van der Waals surface area contributed by atoms with E-state index in [-0.39, 0.29) is 11.5 Å². The van der Waals surface area contributed by atoms with E-state index in [4.69, 9.17) is 18.9 Å². The quantitative estimate of drug-likeness (QED) is 0.175. The third kappa shape index (κ3) is 5.36. The number of esters is 1. The molecule has 32 heavy (non-hydrogen) atoms. The Labute approximate surface area is 194 Å². The molecule has 7 heteroatoms. The smallest absolute Gasteiger partial charge is 0.344 e. The highest BCUT2D eigenvalue weighted by atomic mass is 79.9. The van der Waals surface area contributed by atoms with E-state index in [0.29, 0.717) is 38.4 Å². The molecule has 0 amide bonds. The molecule has 0 heterocycles. The molecular weight excluding hydrogens is 476 g/mol. The number of hydrogen-bond acceptors (Lipinski definition) is 6. The van der Waals surface area contributed by atoms with E-state index < -0.39 is 5.97 Å². The van der Waals surface area contributed by atoms with Gasteiger partial charge in [0.15, 0.2) is 17.3 Å². The maximum Gasteiger partial charge on any atom is 0.344 e. The van der Waals surface area contributed by atoms with Crippen LogP contribution < -0.4 is 18.9 Å². The van der Waals surface area contributed by atoms with E-state index in [0.717, 1.165) is 0 Å². The van der Waals surface area contributed by atoms with Crippen LogP contribution in [0.25, 0.3) is 6.08 Å². The van der Waals surface area contributed by atoms with Crippen LogP contribution in [-0.2, 0) is 0 Å². The summed E-state index contributed by atoms with van der Waals surface area (Å²) >= 11 is 3.34. The van der Waals surface area contributed by atoms with Crippen molar-refractivity contribution in [2.75, 3.05) is 21.3 Å². The second kappa shape index (κ2) is 10.6. The van der Waals surface area contributed by atoms with Gasteiger partial charge in [0.25, 0.3) is 0 Å². The largest absolute Gasteiger partial charge is 0.497 e. The molecule has 0 fully saturated rings. The number of hydrogen-bond donors (Lipinski definition) is 0. The molecule has 0 aliphatic heterocycles. The van der Waals surface area contributed by atoms with Crippen LogP contribution >= 0.6 is 15.9 Å². The number of halogens is 1. The Morgan fingerprint density at radius 2 is 1.53 bits per heavy atom. The first-order chi connectivity index (χ1) is 15.5. The first-order valence-electron chi connectivity index (χ1n) is 9.56. The molecule has 0 aromatic heterocycles. The minimum atomic E-state index is -0.513. The number of methoxy groups -OCH3 is 3. The normalized spacial score (nSPS) is 10.6. The lowest BCUT2D eigenvalue weighted by Gasteiger charge is -2.11. The Kier molecular flexibility index (Phi) is 7.68. The van der Waals surface area contributed by atoms with Crippen LogP contribution in [-0.4, -0.2) is 33.1 Å². The van der Waals surface area contributed by atoms with E-state index in [1.54, 1.807) is 67.8 Å². The molecule has 0 aliphatic rings. The molecule has 0 spiro atoms. The molecule has 3 rings (SSSR count). The molecule has 164 valence electrons. The monoisotopic (exact) mass is 496 g/mol. The third-order valence-electron chi connectivity index (χ3n) is 4.59. The van der Waals surface area contributed by atoms with Gasteiger partial charge in [-0.25, -0.2) is 4.79 Å². The average molecular weight is 497 g/mol. The fraction of sp³-hybridized carbons (Fsp3) is 0.120. The third-order valence-corrected chi connectivity index (χ3v) is 5.28. The van der Waals surface area contributed by atoms with Crippen molar-refractivity contribution in [3.63, 3.8) is 0 Å². The molecule has 0 radical (unpaired) electrons. The summed E-state index contributed by atoms with van der Waals surface area (Å²) in [4.78, 5) is 25.1. The van der Waals surface area contributed by atoms with Gasteiger partial charge in [0.1, 0.15) is 11.5 Å². The number of rotatable bonds is 8. The first kappa shape index (κ1) is 23.1. The van der Waals surface area contributed by atoms with E-state index in [1.165, 1.54) is 20.3 Å². The van der Waals surface area contributed by atoms with Crippen molar-refractivity contribution in [3.05, 3.63) is 87.9 Å². The zero-order valence-electron chi connectivity index (χ0n) is 17.8. The van der Waals surface area contributed by atoms with Gasteiger partial charge in [0.2, 0.25) is 0 Å². The van der Waals surface area contributed by atoms with Crippen LogP contribution in [0, 0.1) is 0 Å². The Balaban J connectivity index is 1.79. The first-order valence-corrected chi connectivity index (χ1v) is 10.3.